The quantitative estimate of drug-likeness (QED) is 0.791. The Bertz CT molecular complexity index is 631. The summed E-state index contributed by atoms with van der Waals surface area (Å²) in [6.07, 6.45) is 4.39. The molecule has 7 heteroatoms. The Kier molecular flexibility index (Phi) is 6.44. The molecule has 0 spiro atoms. The molecular formula is C16H23ClN2O3S. The molecule has 5 nitrogen and oxygen atoms in total. The van der Waals surface area contributed by atoms with E-state index in [9.17, 15) is 13.2 Å². The van der Waals surface area contributed by atoms with Gasteiger partial charge in [-0.3, -0.25) is 4.79 Å². The van der Waals surface area contributed by atoms with Gasteiger partial charge in [-0.15, -0.1) is 0 Å². The average molecular weight is 359 g/mol. The lowest BCUT2D eigenvalue weighted by Crippen LogP contribution is -2.45. The molecule has 0 unspecified atom stereocenters. The molecule has 1 aromatic carbocycles. The van der Waals surface area contributed by atoms with Crippen molar-refractivity contribution >= 4 is 27.5 Å². The fourth-order valence-electron chi connectivity index (χ4n) is 2.76. The van der Waals surface area contributed by atoms with Crippen LogP contribution >= 0.6 is 11.6 Å². The number of rotatable bonds is 6. The van der Waals surface area contributed by atoms with Gasteiger partial charge in [0.2, 0.25) is 15.9 Å². The Hall–Kier alpha value is -1.11. The minimum atomic E-state index is -3.21. The van der Waals surface area contributed by atoms with Crippen molar-refractivity contribution in [2.24, 2.45) is 5.92 Å². The van der Waals surface area contributed by atoms with Crippen LogP contribution in [0.25, 0.3) is 0 Å². The van der Waals surface area contributed by atoms with E-state index in [1.54, 1.807) is 0 Å². The van der Waals surface area contributed by atoms with Crippen LogP contribution in [-0.2, 0) is 21.2 Å². The molecule has 1 aliphatic heterocycles. The van der Waals surface area contributed by atoms with Gasteiger partial charge in [0.05, 0.1) is 12.2 Å². The second kappa shape index (κ2) is 8.13. The molecule has 0 aliphatic carbocycles. The summed E-state index contributed by atoms with van der Waals surface area (Å²) in [5.41, 5.74) is 1.18. The van der Waals surface area contributed by atoms with E-state index in [-0.39, 0.29) is 11.8 Å². The summed E-state index contributed by atoms with van der Waals surface area (Å²) in [6.45, 7) is 1.40. The monoisotopic (exact) mass is 358 g/mol. The SMILES string of the molecule is CS(=O)(=O)N1CCC[C@H](C(=O)NCCCc2ccc(Cl)cc2)C1. The number of aryl methyl sites for hydroxylation is 1. The van der Waals surface area contributed by atoms with E-state index in [0.717, 1.165) is 30.7 Å². The van der Waals surface area contributed by atoms with Crippen molar-refractivity contribution in [2.75, 3.05) is 25.9 Å². The van der Waals surface area contributed by atoms with Gasteiger partial charge in [-0.05, 0) is 43.4 Å². The Labute approximate surface area is 143 Å². The van der Waals surface area contributed by atoms with Crippen molar-refractivity contribution < 1.29 is 13.2 Å². The largest absolute Gasteiger partial charge is 0.356 e. The first-order chi connectivity index (χ1) is 10.9. The van der Waals surface area contributed by atoms with Gasteiger partial charge in [0, 0.05) is 24.7 Å². The maximum atomic E-state index is 12.2. The van der Waals surface area contributed by atoms with Gasteiger partial charge in [0.25, 0.3) is 0 Å². The zero-order chi connectivity index (χ0) is 16.9. The molecule has 0 bridgehead atoms. The van der Waals surface area contributed by atoms with Gasteiger partial charge in [-0.1, -0.05) is 23.7 Å². The number of benzene rings is 1. The van der Waals surface area contributed by atoms with Gasteiger partial charge in [-0.25, -0.2) is 12.7 Å². The molecule has 1 aliphatic rings. The van der Waals surface area contributed by atoms with Crippen LogP contribution in [-0.4, -0.2) is 44.5 Å². The molecule has 1 aromatic rings. The Balaban J connectivity index is 1.73. The van der Waals surface area contributed by atoms with Crippen molar-refractivity contribution in [1.82, 2.24) is 9.62 Å². The lowest BCUT2D eigenvalue weighted by atomic mass is 9.99. The zero-order valence-electron chi connectivity index (χ0n) is 13.3. The standard InChI is InChI=1S/C16H23ClN2O3S/c1-23(21,22)19-11-3-5-14(12-19)16(20)18-10-2-4-13-6-8-15(17)9-7-13/h6-9,14H,2-5,10-12H2,1H3,(H,18,20)/t14-/m0/s1. The van der Waals surface area contributed by atoms with Crippen LogP contribution in [0.3, 0.4) is 0 Å². The predicted molar refractivity (Wildman–Crippen MR) is 91.9 cm³/mol. The molecule has 0 saturated carbocycles. The first-order valence-electron chi connectivity index (χ1n) is 7.83. The van der Waals surface area contributed by atoms with E-state index < -0.39 is 10.0 Å². The molecule has 1 fully saturated rings. The molecule has 0 radical (unpaired) electrons. The number of carbonyl (C=O) groups is 1. The van der Waals surface area contributed by atoms with Crippen LogP contribution in [0.15, 0.2) is 24.3 Å². The predicted octanol–water partition coefficient (Wildman–Crippen LogP) is 2.06. The van der Waals surface area contributed by atoms with Crippen LogP contribution in [0.1, 0.15) is 24.8 Å². The van der Waals surface area contributed by atoms with Crippen molar-refractivity contribution in [3.63, 3.8) is 0 Å². The third kappa shape index (κ3) is 5.79. The van der Waals surface area contributed by atoms with E-state index in [1.807, 2.05) is 24.3 Å². The van der Waals surface area contributed by atoms with Crippen LogP contribution in [0.2, 0.25) is 5.02 Å². The summed E-state index contributed by atoms with van der Waals surface area (Å²) in [6, 6.07) is 7.68. The Morgan fingerprint density at radius 2 is 2.04 bits per heavy atom. The van der Waals surface area contributed by atoms with E-state index in [4.69, 9.17) is 11.6 Å². The topological polar surface area (TPSA) is 66.5 Å². The van der Waals surface area contributed by atoms with E-state index in [2.05, 4.69) is 5.32 Å². The number of hydrogen-bond acceptors (Lipinski definition) is 3. The molecule has 1 amide bonds. The number of sulfonamides is 1. The maximum Gasteiger partial charge on any atom is 0.224 e. The minimum absolute atomic E-state index is 0.0468. The molecule has 2 rings (SSSR count). The molecule has 128 valence electrons. The highest BCUT2D eigenvalue weighted by Crippen LogP contribution is 2.18. The Morgan fingerprint density at radius 1 is 1.35 bits per heavy atom. The second-order valence-corrected chi connectivity index (χ2v) is 8.40. The summed E-state index contributed by atoms with van der Waals surface area (Å²) >= 11 is 5.84. The summed E-state index contributed by atoms with van der Waals surface area (Å²) in [7, 11) is -3.21. The van der Waals surface area contributed by atoms with Crippen molar-refractivity contribution in [3.8, 4) is 0 Å². The van der Waals surface area contributed by atoms with Crippen LogP contribution in [0.4, 0.5) is 0 Å². The summed E-state index contributed by atoms with van der Waals surface area (Å²) < 4.78 is 24.6. The number of nitrogens with zero attached hydrogens (tertiary/aromatic N) is 1. The van der Waals surface area contributed by atoms with Crippen molar-refractivity contribution in [3.05, 3.63) is 34.9 Å². The molecular weight excluding hydrogens is 336 g/mol. The maximum absolute atomic E-state index is 12.2. The highest BCUT2D eigenvalue weighted by Gasteiger charge is 2.29. The number of amides is 1. The van der Waals surface area contributed by atoms with E-state index >= 15 is 0 Å². The van der Waals surface area contributed by atoms with E-state index in [1.165, 1.54) is 16.1 Å². The number of nitrogens with one attached hydrogen (secondary N) is 1. The summed E-state index contributed by atoms with van der Waals surface area (Å²) in [4.78, 5) is 12.2. The lowest BCUT2D eigenvalue weighted by Gasteiger charge is -2.30. The fraction of sp³-hybridized carbons (Fsp3) is 0.562. The molecule has 1 N–H and O–H groups in total. The van der Waals surface area contributed by atoms with Gasteiger partial charge >= 0.3 is 0 Å². The normalized spacial score (nSPS) is 19.5. The number of halogens is 1. The number of hydrogen-bond donors (Lipinski definition) is 1. The van der Waals surface area contributed by atoms with Gasteiger partial charge < -0.3 is 5.32 Å². The number of piperidine rings is 1. The average Bonchev–Trinajstić information content (AvgIpc) is 2.52. The van der Waals surface area contributed by atoms with Crippen LogP contribution in [0, 0.1) is 5.92 Å². The first-order valence-corrected chi connectivity index (χ1v) is 10.1. The van der Waals surface area contributed by atoms with Gasteiger partial charge in [0.1, 0.15) is 0 Å². The van der Waals surface area contributed by atoms with E-state index in [0.29, 0.717) is 19.6 Å². The van der Waals surface area contributed by atoms with Gasteiger partial charge in [-0.2, -0.15) is 0 Å². The molecule has 1 heterocycles. The van der Waals surface area contributed by atoms with Crippen molar-refractivity contribution in [1.29, 1.82) is 0 Å². The molecule has 1 saturated heterocycles. The number of carbonyl (C=O) groups excluding carboxylic acids is 1. The van der Waals surface area contributed by atoms with Crippen molar-refractivity contribution in [2.45, 2.75) is 25.7 Å². The highest BCUT2D eigenvalue weighted by molar-refractivity contribution is 7.88. The minimum Gasteiger partial charge on any atom is -0.356 e. The second-order valence-electron chi connectivity index (χ2n) is 5.98. The first kappa shape index (κ1) is 18.2. The fourth-order valence-corrected chi connectivity index (χ4v) is 3.79. The summed E-state index contributed by atoms with van der Waals surface area (Å²) in [5, 5.41) is 3.64. The lowest BCUT2D eigenvalue weighted by molar-refractivity contribution is -0.126. The van der Waals surface area contributed by atoms with Crippen LogP contribution in [0.5, 0.6) is 0 Å². The van der Waals surface area contributed by atoms with Gasteiger partial charge in [0.15, 0.2) is 0 Å². The third-order valence-corrected chi connectivity index (χ3v) is 5.60. The molecule has 1 atom stereocenters. The highest BCUT2D eigenvalue weighted by atomic mass is 35.5. The zero-order valence-corrected chi connectivity index (χ0v) is 14.9. The summed E-state index contributed by atoms with van der Waals surface area (Å²) in [5.74, 6) is -0.288. The Morgan fingerprint density at radius 3 is 2.70 bits per heavy atom. The molecule has 0 aromatic heterocycles. The van der Waals surface area contributed by atoms with Crippen LogP contribution < -0.4 is 5.32 Å². The third-order valence-electron chi connectivity index (χ3n) is 4.08. The smallest absolute Gasteiger partial charge is 0.224 e. The molecule has 23 heavy (non-hydrogen) atoms.